The second-order valence-corrected chi connectivity index (χ2v) is 14.2. The lowest BCUT2D eigenvalue weighted by atomic mass is 9.49. The van der Waals surface area contributed by atoms with E-state index in [2.05, 4.69) is 32.7 Å². The van der Waals surface area contributed by atoms with E-state index in [0.29, 0.717) is 22.5 Å². The molecular formula is C32H38N4O3S2. The van der Waals surface area contributed by atoms with Gasteiger partial charge in [0.05, 0.1) is 12.9 Å². The number of methoxy groups -OCH3 is 1. The molecule has 216 valence electrons. The highest BCUT2D eigenvalue weighted by Crippen LogP contribution is 2.61. The van der Waals surface area contributed by atoms with E-state index in [4.69, 9.17) is 4.74 Å². The molecule has 0 atom stereocenters. The fourth-order valence-electron chi connectivity index (χ4n) is 7.98. The Morgan fingerprint density at radius 1 is 1.15 bits per heavy atom. The van der Waals surface area contributed by atoms with Crippen LogP contribution in [-0.2, 0) is 22.5 Å². The zero-order chi connectivity index (χ0) is 28.7. The molecule has 41 heavy (non-hydrogen) atoms. The highest BCUT2D eigenvalue weighted by molar-refractivity contribution is 7.99. The fraction of sp³-hybridized carbons (Fsp3) is 0.500. The average Bonchev–Trinajstić information content (AvgIpc) is 3.51. The third kappa shape index (κ3) is 5.63. The Bertz CT molecular complexity index is 1450. The molecule has 2 heterocycles. The molecule has 0 unspecified atom stereocenters. The van der Waals surface area contributed by atoms with Crippen molar-refractivity contribution in [3.8, 4) is 11.1 Å². The van der Waals surface area contributed by atoms with Gasteiger partial charge in [-0.25, -0.2) is 4.79 Å². The number of carbonyl (C=O) groups is 2. The van der Waals surface area contributed by atoms with Gasteiger partial charge >= 0.3 is 5.97 Å². The Balaban J connectivity index is 1.17. The van der Waals surface area contributed by atoms with Gasteiger partial charge in [0.25, 0.3) is 0 Å². The first-order valence-corrected chi connectivity index (χ1v) is 16.4. The van der Waals surface area contributed by atoms with E-state index < -0.39 is 5.97 Å². The van der Waals surface area contributed by atoms with Crippen molar-refractivity contribution >= 4 is 40.0 Å². The van der Waals surface area contributed by atoms with E-state index in [9.17, 15) is 9.59 Å². The molecule has 7 nitrogen and oxygen atoms in total. The maximum absolute atomic E-state index is 13.1. The molecule has 2 aromatic heterocycles. The lowest BCUT2D eigenvalue weighted by Gasteiger charge is -2.56. The van der Waals surface area contributed by atoms with Gasteiger partial charge in [0.15, 0.2) is 5.16 Å². The van der Waals surface area contributed by atoms with Crippen molar-refractivity contribution in [3.05, 3.63) is 58.7 Å². The second-order valence-electron chi connectivity index (χ2n) is 12.4. The minimum absolute atomic E-state index is 0.157. The van der Waals surface area contributed by atoms with Gasteiger partial charge in [0.1, 0.15) is 16.4 Å². The predicted octanol–water partition coefficient (Wildman–Crippen LogP) is 7.09. The third-order valence-corrected chi connectivity index (χ3v) is 11.1. The van der Waals surface area contributed by atoms with E-state index >= 15 is 0 Å². The van der Waals surface area contributed by atoms with Crippen LogP contribution in [0.3, 0.4) is 0 Å². The average molecular weight is 591 g/mol. The monoisotopic (exact) mass is 590 g/mol. The molecule has 7 rings (SSSR count). The summed E-state index contributed by atoms with van der Waals surface area (Å²) in [5.74, 6) is 3.16. The standard InChI is InChI=1S/C32H38N4O3S2/c1-5-8-36-26(16-32-13-21-10-22(14-32)12-23(11-21)15-32)34-35-31(36)41-18-27(37)33-29-28(30(38)39-4)25(17-40-29)24-9-19(2)6-7-20(24)3/h5-7,9,17,21-23H,1,8,10-16,18H2,2-4H3,(H,33,37). The van der Waals surface area contributed by atoms with Crippen LogP contribution < -0.4 is 5.32 Å². The summed E-state index contributed by atoms with van der Waals surface area (Å²) in [6, 6.07) is 6.14. The number of thiophene rings is 1. The quantitative estimate of drug-likeness (QED) is 0.154. The van der Waals surface area contributed by atoms with Gasteiger partial charge in [-0.3, -0.25) is 4.79 Å². The minimum Gasteiger partial charge on any atom is -0.465 e. The lowest BCUT2D eigenvalue weighted by Crippen LogP contribution is -2.47. The number of nitrogens with one attached hydrogen (secondary N) is 1. The summed E-state index contributed by atoms with van der Waals surface area (Å²) in [5, 5.41) is 15.2. The van der Waals surface area contributed by atoms with Crippen molar-refractivity contribution in [2.75, 3.05) is 18.2 Å². The molecular weight excluding hydrogens is 553 g/mol. The summed E-state index contributed by atoms with van der Waals surface area (Å²) >= 11 is 2.71. The normalized spacial score (nSPS) is 24.4. The zero-order valence-corrected chi connectivity index (χ0v) is 25.7. The lowest BCUT2D eigenvalue weighted by molar-refractivity contribution is -0.113. The molecule has 4 aliphatic carbocycles. The molecule has 3 aromatic rings. The number of allylic oxidation sites excluding steroid dienone is 1. The zero-order valence-electron chi connectivity index (χ0n) is 24.1. The SMILES string of the molecule is C=CCn1c(CC23CC4CC(CC(C4)C2)C3)nnc1SCC(=O)Nc1scc(-c2cc(C)ccc2C)c1C(=O)OC. The van der Waals surface area contributed by atoms with Crippen LogP contribution >= 0.6 is 23.1 Å². The molecule has 4 fully saturated rings. The molecule has 0 saturated heterocycles. The first-order valence-electron chi connectivity index (χ1n) is 14.5. The number of carbonyl (C=O) groups excluding carboxylic acids is 2. The van der Waals surface area contributed by atoms with Crippen LogP contribution in [0.25, 0.3) is 11.1 Å². The summed E-state index contributed by atoms with van der Waals surface area (Å²) < 4.78 is 7.24. The van der Waals surface area contributed by atoms with E-state index in [0.717, 1.165) is 57.4 Å². The molecule has 4 saturated carbocycles. The Kier molecular flexibility index (Phi) is 7.85. The summed E-state index contributed by atoms with van der Waals surface area (Å²) in [6.45, 7) is 8.62. The Morgan fingerprint density at radius 3 is 2.51 bits per heavy atom. The third-order valence-electron chi connectivity index (χ3n) is 9.25. The van der Waals surface area contributed by atoms with Crippen LogP contribution in [0.5, 0.6) is 0 Å². The number of hydrogen-bond donors (Lipinski definition) is 1. The Hall–Kier alpha value is -2.91. The summed E-state index contributed by atoms with van der Waals surface area (Å²) in [5.41, 5.74) is 4.62. The highest BCUT2D eigenvalue weighted by atomic mass is 32.2. The molecule has 4 aliphatic rings. The molecule has 0 radical (unpaired) electrons. The molecule has 0 aliphatic heterocycles. The number of aromatic nitrogens is 3. The van der Waals surface area contributed by atoms with Crippen molar-refractivity contribution in [2.24, 2.45) is 23.2 Å². The maximum Gasteiger partial charge on any atom is 0.341 e. The summed E-state index contributed by atoms with van der Waals surface area (Å²) in [4.78, 5) is 26.0. The van der Waals surface area contributed by atoms with Crippen LogP contribution in [0, 0.1) is 37.0 Å². The molecule has 1 amide bonds. The van der Waals surface area contributed by atoms with Crippen LogP contribution in [0.1, 0.15) is 65.8 Å². The van der Waals surface area contributed by atoms with Gasteiger partial charge in [-0.05, 0) is 86.7 Å². The first kappa shape index (κ1) is 28.2. The fourth-order valence-corrected chi connectivity index (χ4v) is 9.71. The van der Waals surface area contributed by atoms with Crippen molar-refractivity contribution in [2.45, 2.75) is 70.5 Å². The van der Waals surface area contributed by atoms with E-state index in [1.807, 2.05) is 37.4 Å². The number of anilines is 1. The van der Waals surface area contributed by atoms with E-state index in [1.54, 1.807) is 0 Å². The number of esters is 1. The molecule has 9 heteroatoms. The van der Waals surface area contributed by atoms with Crippen LogP contribution in [0.2, 0.25) is 0 Å². The maximum atomic E-state index is 13.1. The minimum atomic E-state index is -0.467. The van der Waals surface area contributed by atoms with Gasteiger partial charge < -0.3 is 14.6 Å². The number of nitrogens with zero attached hydrogens (tertiary/aromatic N) is 3. The van der Waals surface area contributed by atoms with Crippen LogP contribution in [0.15, 0.2) is 41.4 Å². The van der Waals surface area contributed by atoms with Crippen LogP contribution in [0.4, 0.5) is 5.00 Å². The van der Waals surface area contributed by atoms with Crippen LogP contribution in [-0.4, -0.2) is 39.5 Å². The number of ether oxygens (including phenoxy) is 1. The second kappa shape index (κ2) is 11.4. The highest BCUT2D eigenvalue weighted by Gasteiger charge is 2.51. The van der Waals surface area contributed by atoms with Gasteiger partial charge in [0.2, 0.25) is 5.91 Å². The van der Waals surface area contributed by atoms with Gasteiger partial charge in [-0.1, -0.05) is 41.6 Å². The van der Waals surface area contributed by atoms with E-state index in [1.165, 1.54) is 68.7 Å². The van der Waals surface area contributed by atoms with Gasteiger partial charge in [-0.15, -0.1) is 28.1 Å². The van der Waals surface area contributed by atoms with Gasteiger partial charge in [0, 0.05) is 23.9 Å². The van der Waals surface area contributed by atoms with Crippen molar-refractivity contribution in [3.63, 3.8) is 0 Å². The molecule has 1 aromatic carbocycles. The summed E-state index contributed by atoms with van der Waals surface area (Å²) in [6.07, 6.45) is 11.0. The predicted molar refractivity (Wildman–Crippen MR) is 164 cm³/mol. The van der Waals surface area contributed by atoms with Gasteiger partial charge in [-0.2, -0.15) is 0 Å². The number of amides is 1. The van der Waals surface area contributed by atoms with Crippen molar-refractivity contribution in [1.82, 2.24) is 14.8 Å². The molecule has 4 bridgehead atoms. The summed E-state index contributed by atoms with van der Waals surface area (Å²) in [7, 11) is 1.36. The Labute approximate surface area is 250 Å². The number of rotatable bonds is 10. The molecule has 0 spiro atoms. The number of benzene rings is 1. The van der Waals surface area contributed by atoms with E-state index in [-0.39, 0.29) is 11.7 Å². The van der Waals surface area contributed by atoms with Crippen molar-refractivity contribution < 1.29 is 14.3 Å². The number of aryl methyl sites for hydroxylation is 2. The number of thioether (sulfide) groups is 1. The number of hydrogen-bond acceptors (Lipinski definition) is 7. The smallest absolute Gasteiger partial charge is 0.341 e. The topological polar surface area (TPSA) is 86.1 Å². The first-order chi connectivity index (χ1) is 19.8. The molecule has 1 N–H and O–H groups in total. The Morgan fingerprint density at radius 2 is 1.85 bits per heavy atom. The van der Waals surface area contributed by atoms with Crippen molar-refractivity contribution in [1.29, 1.82) is 0 Å². The largest absolute Gasteiger partial charge is 0.465 e.